The Bertz CT molecular complexity index is 1000. The normalized spacial score (nSPS) is 10.7. The summed E-state index contributed by atoms with van der Waals surface area (Å²) in [5.41, 5.74) is 9.01. The largest absolute Gasteiger partial charge is 0.378 e. The number of nitriles is 1. The van der Waals surface area contributed by atoms with E-state index in [2.05, 4.69) is 100 Å². The summed E-state index contributed by atoms with van der Waals surface area (Å²) >= 11 is 0. The lowest BCUT2D eigenvalue weighted by Crippen LogP contribution is -2.14. The maximum atomic E-state index is 9.82. The first-order valence-electron chi connectivity index (χ1n) is 9.88. The number of rotatable bonds is 5. The fraction of sp³-hybridized carbons (Fsp3) is 0.269. The Labute approximate surface area is 174 Å². The smallest absolute Gasteiger partial charge is 0.0994 e. The maximum Gasteiger partial charge on any atom is 0.0994 e. The van der Waals surface area contributed by atoms with E-state index >= 15 is 0 Å². The molecule has 0 unspecified atom stereocenters. The molecule has 0 heterocycles. The van der Waals surface area contributed by atoms with Crippen molar-refractivity contribution >= 4 is 11.4 Å². The van der Waals surface area contributed by atoms with Crippen molar-refractivity contribution in [2.45, 2.75) is 19.8 Å². The fourth-order valence-corrected chi connectivity index (χ4v) is 3.79. The quantitative estimate of drug-likeness (QED) is 0.546. The van der Waals surface area contributed by atoms with Crippen LogP contribution in [0.3, 0.4) is 0 Å². The summed E-state index contributed by atoms with van der Waals surface area (Å²) in [6.07, 6.45) is 0. The van der Waals surface area contributed by atoms with E-state index in [4.69, 9.17) is 0 Å². The van der Waals surface area contributed by atoms with Crippen LogP contribution in [0.1, 0.15) is 39.3 Å². The second-order valence-electron chi connectivity index (χ2n) is 8.00. The molecule has 0 saturated carbocycles. The SMILES string of the molecule is Cc1ccc(N(C)C)cc1C(c1cc(N(C)C)ccc1C)c1ccccc1C#N. The van der Waals surface area contributed by atoms with Gasteiger partial charge in [0.15, 0.2) is 0 Å². The lowest BCUT2D eigenvalue weighted by molar-refractivity contribution is 0.938. The van der Waals surface area contributed by atoms with Crippen LogP contribution in [0.25, 0.3) is 0 Å². The van der Waals surface area contributed by atoms with Crippen LogP contribution in [0, 0.1) is 25.2 Å². The predicted molar refractivity (Wildman–Crippen MR) is 123 cm³/mol. The van der Waals surface area contributed by atoms with Crippen molar-refractivity contribution in [2.24, 2.45) is 0 Å². The highest BCUT2D eigenvalue weighted by molar-refractivity contribution is 5.61. The topological polar surface area (TPSA) is 30.3 Å². The standard InChI is InChI=1S/C26H29N3/c1-18-11-13-21(28(3)4)15-24(18)26(23-10-8-7-9-20(23)17-27)25-16-22(29(5)6)14-12-19(25)2/h7-16,26H,1-6H3. The van der Waals surface area contributed by atoms with Gasteiger partial charge in [-0.2, -0.15) is 5.26 Å². The first-order valence-corrected chi connectivity index (χ1v) is 9.88. The molecule has 0 radical (unpaired) electrons. The third kappa shape index (κ3) is 4.12. The lowest BCUT2D eigenvalue weighted by Gasteiger charge is -2.26. The molecule has 0 fully saturated rings. The highest BCUT2D eigenvalue weighted by atomic mass is 15.1. The van der Waals surface area contributed by atoms with Crippen LogP contribution in [0.2, 0.25) is 0 Å². The van der Waals surface area contributed by atoms with E-state index in [0.717, 1.165) is 22.5 Å². The van der Waals surface area contributed by atoms with Gasteiger partial charge in [-0.1, -0.05) is 30.3 Å². The van der Waals surface area contributed by atoms with Crippen molar-refractivity contribution in [3.05, 3.63) is 94.0 Å². The molecule has 0 saturated heterocycles. The first-order chi connectivity index (χ1) is 13.8. The Morgan fingerprint density at radius 1 is 0.690 bits per heavy atom. The average Bonchev–Trinajstić information content (AvgIpc) is 2.70. The molecular weight excluding hydrogens is 354 g/mol. The summed E-state index contributed by atoms with van der Waals surface area (Å²) in [7, 11) is 8.24. The van der Waals surface area contributed by atoms with E-state index in [-0.39, 0.29) is 5.92 Å². The number of anilines is 2. The molecule has 0 aromatic heterocycles. The van der Waals surface area contributed by atoms with Gasteiger partial charge in [0.05, 0.1) is 11.6 Å². The van der Waals surface area contributed by atoms with Crippen molar-refractivity contribution in [1.82, 2.24) is 0 Å². The summed E-state index contributed by atoms with van der Waals surface area (Å²) in [5, 5.41) is 9.82. The molecule has 3 rings (SSSR count). The molecule has 29 heavy (non-hydrogen) atoms. The van der Waals surface area contributed by atoms with Crippen molar-refractivity contribution < 1.29 is 0 Å². The molecule has 3 heteroatoms. The van der Waals surface area contributed by atoms with E-state index in [1.165, 1.54) is 22.3 Å². The number of hydrogen-bond donors (Lipinski definition) is 0. The monoisotopic (exact) mass is 383 g/mol. The van der Waals surface area contributed by atoms with Crippen molar-refractivity contribution in [1.29, 1.82) is 5.26 Å². The van der Waals surface area contributed by atoms with Gasteiger partial charge < -0.3 is 9.80 Å². The molecule has 0 aliphatic heterocycles. The molecule has 3 nitrogen and oxygen atoms in total. The Morgan fingerprint density at radius 3 is 1.62 bits per heavy atom. The van der Waals surface area contributed by atoms with E-state index in [1.807, 2.05) is 18.2 Å². The van der Waals surface area contributed by atoms with E-state index in [1.54, 1.807) is 0 Å². The third-order valence-corrected chi connectivity index (χ3v) is 5.57. The molecular formula is C26H29N3. The van der Waals surface area contributed by atoms with Gasteiger partial charge in [-0.3, -0.25) is 0 Å². The zero-order chi connectivity index (χ0) is 21.1. The van der Waals surface area contributed by atoms with Gasteiger partial charge in [-0.15, -0.1) is 0 Å². The van der Waals surface area contributed by atoms with E-state index in [0.29, 0.717) is 0 Å². The minimum absolute atomic E-state index is 0.00866. The fourth-order valence-electron chi connectivity index (χ4n) is 3.79. The van der Waals surface area contributed by atoms with Gasteiger partial charge in [0.2, 0.25) is 0 Å². The van der Waals surface area contributed by atoms with Crippen LogP contribution in [0.5, 0.6) is 0 Å². The van der Waals surface area contributed by atoms with Crippen molar-refractivity contribution in [3.63, 3.8) is 0 Å². The summed E-state index contributed by atoms with van der Waals surface area (Å²) < 4.78 is 0. The van der Waals surface area contributed by atoms with E-state index in [9.17, 15) is 5.26 Å². The van der Waals surface area contributed by atoms with Gasteiger partial charge in [0.25, 0.3) is 0 Å². The Kier molecular flexibility index (Phi) is 5.94. The summed E-state index contributed by atoms with van der Waals surface area (Å²) in [5.74, 6) is -0.00866. The molecule has 0 amide bonds. The highest BCUT2D eigenvalue weighted by Crippen LogP contribution is 2.39. The summed E-state index contributed by atoms with van der Waals surface area (Å²) in [6, 6.07) is 23.5. The molecule has 3 aromatic carbocycles. The van der Waals surface area contributed by atoms with E-state index < -0.39 is 0 Å². The Hall–Kier alpha value is -3.25. The molecule has 0 aliphatic rings. The Balaban J connectivity index is 2.35. The van der Waals surface area contributed by atoms with Gasteiger partial charge in [-0.25, -0.2) is 0 Å². The second kappa shape index (κ2) is 8.41. The van der Waals surface area contributed by atoms with Gasteiger partial charge >= 0.3 is 0 Å². The number of aryl methyl sites for hydroxylation is 2. The van der Waals surface area contributed by atoms with Crippen molar-refractivity contribution in [2.75, 3.05) is 38.0 Å². The summed E-state index contributed by atoms with van der Waals surface area (Å²) in [4.78, 5) is 4.25. The predicted octanol–water partition coefficient (Wildman–Crippen LogP) is 5.49. The van der Waals surface area contributed by atoms with Crippen LogP contribution < -0.4 is 9.80 Å². The van der Waals surface area contributed by atoms with Crippen LogP contribution in [-0.2, 0) is 0 Å². The lowest BCUT2D eigenvalue weighted by atomic mass is 9.79. The molecule has 0 bridgehead atoms. The zero-order valence-corrected chi connectivity index (χ0v) is 18.2. The maximum absolute atomic E-state index is 9.82. The zero-order valence-electron chi connectivity index (χ0n) is 18.2. The third-order valence-electron chi connectivity index (χ3n) is 5.57. The molecule has 0 N–H and O–H groups in total. The number of nitrogens with zero attached hydrogens (tertiary/aromatic N) is 3. The first kappa shape index (κ1) is 20.5. The van der Waals surface area contributed by atoms with Gasteiger partial charge in [0, 0.05) is 45.5 Å². The summed E-state index contributed by atoms with van der Waals surface area (Å²) in [6.45, 7) is 4.31. The number of benzene rings is 3. The second-order valence-corrected chi connectivity index (χ2v) is 8.00. The molecule has 148 valence electrons. The van der Waals surface area contributed by atoms with Crippen LogP contribution in [-0.4, -0.2) is 28.2 Å². The average molecular weight is 384 g/mol. The molecule has 0 atom stereocenters. The van der Waals surface area contributed by atoms with Crippen LogP contribution in [0.4, 0.5) is 11.4 Å². The molecule has 0 spiro atoms. The Morgan fingerprint density at radius 2 is 1.17 bits per heavy atom. The highest BCUT2D eigenvalue weighted by Gasteiger charge is 2.24. The van der Waals surface area contributed by atoms with Crippen LogP contribution in [0.15, 0.2) is 60.7 Å². The minimum atomic E-state index is -0.00866. The number of hydrogen-bond acceptors (Lipinski definition) is 3. The van der Waals surface area contributed by atoms with Crippen molar-refractivity contribution in [3.8, 4) is 6.07 Å². The van der Waals surface area contributed by atoms with Crippen LogP contribution >= 0.6 is 0 Å². The minimum Gasteiger partial charge on any atom is -0.378 e. The van der Waals surface area contributed by atoms with Gasteiger partial charge in [0.1, 0.15) is 0 Å². The molecule has 0 aliphatic carbocycles. The van der Waals surface area contributed by atoms with Gasteiger partial charge in [-0.05, 0) is 72.0 Å². The molecule has 3 aromatic rings.